The SMILES string of the molecule is CCCCOC(=O)[C@@H]1CC(CO)CN1C(=O)OC(C)(C)C. The van der Waals surface area contributed by atoms with Crippen molar-refractivity contribution >= 4 is 12.1 Å². The Morgan fingerprint density at radius 2 is 2.00 bits per heavy atom. The van der Waals surface area contributed by atoms with Gasteiger partial charge in [-0.1, -0.05) is 13.3 Å². The van der Waals surface area contributed by atoms with Crippen LogP contribution < -0.4 is 0 Å². The predicted octanol–water partition coefficient (Wildman–Crippen LogP) is 1.95. The smallest absolute Gasteiger partial charge is 0.411 e. The maximum atomic E-state index is 12.2. The second-order valence-electron chi connectivity index (χ2n) is 6.45. The van der Waals surface area contributed by atoms with Crippen LogP contribution in [0.1, 0.15) is 47.0 Å². The van der Waals surface area contributed by atoms with Gasteiger partial charge < -0.3 is 14.6 Å². The van der Waals surface area contributed by atoms with E-state index < -0.39 is 23.7 Å². The molecule has 21 heavy (non-hydrogen) atoms. The molecule has 0 aliphatic carbocycles. The molecule has 0 aromatic carbocycles. The molecule has 2 atom stereocenters. The molecule has 1 unspecified atom stereocenters. The first-order valence-corrected chi connectivity index (χ1v) is 7.55. The molecule has 1 aliphatic heterocycles. The molecule has 0 aromatic rings. The Morgan fingerprint density at radius 1 is 1.33 bits per heavy atom. The van der Waals surface area contributed by atoms with Crippen molar-refractivity contribution in [2.75, 3.05) is 19.8 Å². The fraction of sp³-hybridized carbons (Fsp3) is 0.867. The summed E-state index contributed by atoms with van der Waals surface area (Å²) >= 11 is 0. The highest BCUT2D eigenvalue weighted by atomic mass is 16.6. The lowest BCUT2D eigenvalue weighted by Gasteiger charge is -2.27. The molecule has 6 heteroatoms. The summed E-state index contributed by atoms with van der Waals surface area (Å²) in [5, 5.41) is 9.28. The number of unbranched alkanes of at least 4 members (excludes halogenated alkanes) is 1. The topological polar surface area (TPSA) is 76.1 Å². The van der Waals surface area contributed by atoms with Gasteiger partial charge in [0.1, 0.15) is 11.6 Å². The molecule has 6 nitrogen and oxygen atoms in total. The van der Waals surface area contributed by atoms with Crippen molar-refractivity contribution in [3.05, 3.63) is 0 Å². The number of ether oxygens (including phenoxy) is 2. The van der Waals surface area contributed by atoms with E-state index in [1.807, 2.05) is 6.92 Å². The van der Waals surface area contributed by atoms with E-state index >= 15 is 0 Å². The molecular formula is C15H27NO5. The largest absolute Gasteiger partial charge is 0.464 e. The molecule has 1 amide bonds. The van der Waals surface area contributed by atoms with E-state index in [4.69, 9.17) is 9.47 Å². The first kappa shape index (κ1) is 17.8. The van der Waals surface area contributed by atoms with E-state index in [9.17, 15) is 14.7 Å². The second-order valence-corrected chi connectivity index (χ2v) is 6.45. The van der Waals surface area contributed by atoms with Gasteiger partial charge in [0.25, 0.3) is 0 Å². The second kappa shape index (κ2) is 7.64. The predicted molar refractivity (Wildman–Crippen MR) is 77.8 cm³/mol. The lowest BCUT2D eigenvalue weighted by molar-refractivity contribution is -0.148. The summed E-state index contributed by atoms with van der Waals surface area (Å²) in [5.41, 5.74) is -0.620. The zero-order valence-electron chi connectivity index (χ0n) is 13.4. The lowest BCUT2D eigenvalue weighted by atomic mass is 10.1. The zero-order valence-corrected chi connectivity index (χ0v) is 13.4. The van der Waals surface area contributed by atoms with E-state index in [1.165, 1.54) is 4.90 Å². The minimum absolute atomic E-state index is 0.0575. The molecule has 122 valence electrons. The molecular weight excluding hydrogens is 274 g/mol. The molecule has 0 radical (unpaired) electrons. The average molecular weight is 301 g/mol. The fourth-order valence-electron chi connectivity index (χ4n) is 2.21. The van der Waals surface area contributed by atoms with Gasteiger partial charge in [-0.3, -0.25) is 4.90 Å². The number of esters is 1. The summed E-state index contributed by atoms with van der Waals surface area (Å²) in [4.78, 5) is 25.7. The van der Waals surface area contributed by atoms with Crippen LogP contribution in [0, 0.1) is 5.92 Å². The number of rotatable bonds is 5. The number of hydrogen-bond donors (Lipinski definition) is 1. The van der Waals surface area contributed by atoms with Crippen LogP contribution in [0.25, 0.3) is 0 Å². The van der Waals surface area contributed by atoms with Gasteiger partial charge in [0.05, 0.1) is 6.61 Å². The molecule has 1 N–H and O–H groups in total. The van der Waals surface area contributed by atoms with Crippen LogP contribution in [0.4, 0.5) is 4.79 Å². The molecule has 1 fully saturated rings. The Balaban J connectivity index is 2.69. The van der Waals surface area contributed by atoms with Gasteiger partial charge in [-0.15, -0.1) is 0 Å². The third kappa shape index (κ3) is 5.53. The van der Waals surface area contributed by atoms with Gasteiger partial charge in [0, 0.05) is 19.1 Å². The van der Waals surface area contributed by atoms with Crippen molar-refractivity contribution in [2.45, 2.75) is 58.6 Å². The van der Waals surface area contributed by atoms with E-state index in [0.717, 1.165) is 12.8 Å². The lowest BCUT2D eigenvalue weighted by Crippen LogP contribution is -2.44. The fourth-order valence-corrected chi connectivity index (χ4v) is 2.21. The van der Waals surface area contributed by atoms with Crippen LogP contribution in [-0.2, 0) is 14.3 Å². The Hall–Kier alpha value is -1.30. The van der Waals surface area contributed by atoms with Crippen LogP contribution in [0.2, 0.25) is 0 Å². The minimum atomic E-state index is -0.658. The first-order chi connectivity index (χ1) is 9.78. The Bertz CT molecular complexity index is 364. The monoisotopic (exact) mass is 301 g/mol. The zero-order chi connectivity index (χ0) is 16.0. The van der Waals surface area contributed by atoms with Gasteiger partial charge in [0.2, 0.25) is 0 Å². The number of amides is 1. The van der Waals surface area contributed by atoms with Crippen LogP contribution in [0.15, 0.2) is 0 Å². The van der Waals surface area contributed by atoms with E-state index in [0.29, 0.717) is 19.6 Å². The van der Waals surface area contributed by atoms with Gasteiger partial charge in [-0.25, -0.2) is 9.59 Å². The van der Waals surface area contributed by atoms with Crippen molar-refractivity contribution in [1.82, 2.24) is 4.90 Å². The number of nitrogens with zero attached hydrogens (tertiary/aromatic N) is 1. The molecule has 0 spiro atoms. The van der Waals surface area contributed by atoms with Gasteiger partial charge in [-0.05, 0) is 33.6 Å². The van der Waals surface area contributed by atoms with E-state index in [-0.39, 0.29) is 12.5 Å². The molecule has 0 saturated carbocycles. The quantitative estimate of drug-likeness (QED) is 0.620. The summed E-state index contributed by atoms with van der Waals surface area (Å²) in [6.07, 6.45) is 1.62. The highest BCUT2D eigenvalue weighted by Gasteiger charge is 2.42. The van der Waals surface area contributed by atoms with Crippen molar-refractivity contribution in [3.8, 4) is 0 Å². The minimum Gasteiger partial charge on any atom is -0.464 e. The number of carbonyl (C=O) groups excluding carboxylic acids is 2. The Kier molecular flexibility index (Phi) is 6.45. The maximum absolute atomic E-state index is 12.2. The molecule has 0 bridgehead atoms. The summed E-state index contributed by atoms with van der Waals surface area (Å²) in [5.74, 6) is -0.522. The highest BCUT2D eigenvalue weighted by Crippen LogP contribution is 2.26. The number of carbonyl (C=O) groups is 2. The van der Waals surface area contributed by atoms with E-state index in [1.54, 1.807) is 20.8 Å². The van der Waals surface area contributed by atoms with Gasteiger partial charge in [-0.2, -0.15) is 0 Å². The van der Waals surface area contributed by atoms with E-state index in [2.05, 4.69) is 0 Å². The molecule has 1 aliphatic rings. The van der Waals surface area contributed by atoms with Crippen molar-refractivity contribution in [2.24, 2.45) is 5.92 Å². The van der Waals surface area contributed by atoms with Crippen LogP contribution in [-0.4, -0.2) is 53.5 Å². The number of aliphatic hydroxyl groups is 1. The summed E-state index contributed by atoms with van der Waals surface area (Å²) in [6, 6.07) is -0.658. The van der Waals surface area contributed by atoms with Crippen LogP contribution in [0.3, 0.4) is 0 Å². The summed E-state index contributed by atoms with van der Waals surface area (Å²) < 4.78 is 10.5. The Labute approximate surface area is 126 Å². The third-order valence-electron chi connectivity index (χ3n) is 3.29. The summed E-state index contributed by atoms with van der Waals surface area (Å²) in [6.45, 7) is 7.96. The van der Waals surface area contributed by atoms with Crippen LogP contribution in [0.5, 0.6) is 0 Å². The number of likely N-dealkylation sites (tertiary alicyclic amines) is 1. The Morgan fingerprint density at radius 3 is 2.52 bits per heavy atom. The average Bonchev–Trinajstić information content (AvgIpc) is 2.81. The number of aliphatic hydroxyl groups excluding tert-OH is 1. The number of hydrogen-bond acceptors (Lipinski definition) is 5. The van der Waals surface area contributed by atoms with Crippen molar-refractivity contribution in [3.63, 3.8) is 0 Å². The maximum Gasteiger partial charge on any atom is 0.411 e. The first-order valence-electron chi connectivity index (χ1n) is 7.55. The third-order valence-corrected chi connectivity index (χ3v) is 3.29. The molecule has 1 heterocycles. The standard InChI is InChI=1S/C15H27NO5/c1-5-6-7-20-13(18)12-8-11(10-17)9-16(12)14(19)21-15(2,3)4/h11-12,17H,5-10H2,1-4H3/t11?,12-/m0/s1. The summed E-state index contributed by atoms with van der Waals surface area (Å²) in [7, 11) is 0. The molecule has 1 rings (SSSR count). The normalized spacial score (nSPS) is 22.2. The molecule has 0 aromatic heterocycles. The van der Waals surface area contributed by atoms with Gasteiger partial charge in [0.15, 0.2) is 0 Å². The van der Waals surface area contributed by atoms with Crippen molar-refractivity contribution in [1.29, 1.82) is 0 Å². The molecule has 1 saturated heterocycles. The van der Waals surface area contributed by atoms with Gasteiger partial charge >= 0.3 is 12.1 Å². The van der Waals surface area contributed by atoms with Crippen molar-refractivity contribution < 1.29 is 24.2 Å². The highest BCUT2D eigenvalue weighted by molar-refractivity contribution is 5.82. The van der Waals surface area contributed by atoms with Crippen LogP contribution >= 0.6 is 0 Å².